The largest absolute Gasteiger partial charge is 0.391 e. The van der Waals surface area contributed by atoms with Crippen LogP contribution in [0.25, 0.3) is 6.08 Å². The molecule has 0 radical (unpaired) electrons. The fourth-order valence-corrected chi connectivity index (χ4v) is 2.45. The molecule has 3 nitrogen and oxygen atoms in total. The van der Waals surface area contributed by atoms with Gasteiger partial charge in [0.15, 0.2) is 0 Å². The Balaban J connectivity index is 1.74. The molecule has 0 aliphatic heterocycles. The molecule has 17 heavy (non-hydrogen) atoms. The highest BCUT2D eigenvalue weighted by molar-refractivity contribution is 7.17. The van der Waals surface area contributed by atoms with Gasteiger partial charge < -0.3 is 10.4 Å². The molecule has 1 unspecified atom stereocenters. The van der Waals surface area contributed by atoms with Gasteiger partial charge in [0.25, 0.3) is 0 Å². The van der Waals surface area contributed by atoms with E-state index < -0.39 is 6.10 Å². The Kier molecular flexibility index (Phi) is 4.20. The number of hydrogen-bond acceptors (Lipinski definition) is 3. The first-order chi connectivity index (χ1) is 8.15. The van der Waals surface area contributed by atoms with Crippen molar-refractivity contribution in [1.82, 2.24) is 5.32 Å². The number of rotatable bonds is 5. The first-order valence-corrected chi connectivity index (χ1v) is 6.74. The van der Waals surface area contributed by atoms with Crippen molar-refractivity contribution in [1.29, 1.82) is 0 Å². The molecular formula is C12H14ClNO2S. The van der Waals surface area contributed by atoms with Gasteiger partial charge in [-0.2, -0.15) is 0 Å². The molecule has 1 atom stereocenters. The van der Waals surface area contributed by atoms with Crippen molar-refractivity contribution < 1.29 is 9.90 Å². The third kappa shape index (κ3) is 4.15. The smallest absolute Gasteiger partial charge is 0.244 e. The molecule has 5 heteroatoms. The van der Waals surface area contributed by atoms with E-state index in [9.17, 15) is 9.90 Å². The first-order valence-electron chi connectivity index (χ1n) is 5.54. The van der Waals surface area contributed by atoms with Gasteiger partial charge in [-0.1, -0.05) is 11.6 Å². The number of carbonyl (C=O) groups is 1. The molecule has 0 spiro atoms. The molecule has 0 aromatic carbocycles. The van der Waals surface area contributed by atoms with Crippen molar-refractivity contribution in [2.45, 2.75) is 18.9 Å². The lowest BCUT2D eigenvalue weighted by atomic mass is 10.2. The molecule has 1 fully saturated rings. The summed E-state index contributed by atoms with van der Waals surface area (Å²) in [5.41, 5.74) is 0. The molecule has 1 aromatic rings. The summed E-state index contributed by atoms with van der Waals surface area (Å²) in [6, 6.07) is 3.65. The van der Waals surface area contributed by atoms with Crippen LogP contribution < -0.4 is 5.32 Å². The predicted octanol–water partition coefficient (Wildman–Crippen LogP) is 2.30. The van der Waals surface area contributed by atoms with Gasteiger partial charge in [-0.3, -0.25) is 4.79 Å². The van der Waals surface area contributed by atoms with Crippen molar-refractivity contribution in [3.63, 3.8) is 0 Å². The summed E-state index contributed by atoms with van der Waals surface area (Å²) in [4.78, 5) is 12.4. The number of carbonyl (C=O) groups excluding carboxylic acids is 1. The highest BCUT2D eigenvalue weighted by Crippen LogP contribution is 2.32. The van der Waals surface area contributed by atoms with Gasteiger partial charge in [0.1, 0.15) is 0 Å². The van der Waals surface area contributed by atoms with Gasteiger partial charge in [-0.05, 0) is 37.0 Å². The molecule has 0 bridgehead atoms. The zero-order valence-corrected chi connectivity index (χ0v) is 10.8. The fourth-order valence-electron chi connectivity index (χ4n) is 1.49. The molecule has 2 N–H and O–H groups in total. The molecular weight excluding hydrogens is 258 g/mol. The van der Waals surface area contributed by atoms with Crippen LogP contribution in [0.5, 0.6) is 0 Å². The second-order valence-electron chi connectivity index (χ2n) is 4.13. The van der Waals surface area contributed by atoms with Gasteiger partial charge in [0.2, 0.25) is 5.91 Å². The number of halogens is 1. The number of amides is 1. The molecule has 1 saturated carbocycles. The fraction of sp³-hybridized carbons (Fsp3) is 0.417. The summed E-state index contributed by atoms with van der Waals surface area (Å²) in [7, 11) is 0. The van der Waals surface area contributed by atoms with Crippen LogP contribution in [0.1, 0.15) is 17.7 Å². The lowest BCUT2D eigenvalue weighted by molar-refractivity contribution is -0.116. The van der Waals surface area contributed by atoms with Gasteiger partial charge in [0.05, 0.1) is 10.4 Å². The van der Waals surface area contributed by atoms with Crippen molar-refractivity contribution in [2.24, 2.45) is 5.92 Å². The summed E-state index contributed by atoms with van der Waals surface area (Å²) in [6.45, 7) is 0.332. The van der Waals surface area contributed by atoms with E-state index in [1.807, 2.05) is 6.07 Å². The third-order valence-corrected chi connectivity index (χ3v) is 3.84. The summed E-state index contributed by atoms with van der Waals surface area (Å²) in [5.74, 6) is 0.199. The van der Waals surface area contributed by atoms with Crippen molar-refractivity contribution in [3.05, 3.63) is 27.4 Å². The Labute approximate surface area is 109 Å². The highest BCUT2D eigenvalue weighted by Gasteiger charge is 2.29. The van der Waals surface area contributed by atoms with E-state index >= 15 is 0 Å². The van der Waals surface area contributed by atoms with E-state index in [0.717, 1.165) is 17.7 Å². The molecule has 1 amide bonds. The van der Waals surface area contributed by atoms with Crippen molar-refractivity contribution in [3.8, 4) is 0 Å². The van der Waals surface area contributed by atoms with Crippen LogP contribution in [0.4, 0.5) is 0 Å². The van der Waals surface area contributed by atoms with Gasteiger partial charge in [-0.15, -0.1) is 11.3 Å². The maximum absolute atomic E-state index is 11.4. The zero-order valence-electron chi connectivity index (χ0n) is 9.23. The first kappa shape index (κ1) is 12.6. The Morgan fingerprint density at radius 3 is 3.00 bits per heavy atom. The summed E-state index contributed by atoms with van der Waals surface area (Å²) in [5, 5.41) is 12.2. The molecule has 1 aromatic heterocycles. The quantitative estimate of drug-likeness (QED) is 0.808. The van der Waals surface area contributed by atoms with Gasteiger partial charge in [0, 0.05) is 17.5 Å². The van der Waals surface area contributed by atoms with Crippen LogP contribution in [0.2, 0.25) is 4.34 Å². The standard InChI is InChI=1S/C12H14ClNO2S/c13-11-5-3-9(17-11)4-6-12(16)14-7-10(15)8-1-2-8/h3-6,8,10,15H,1-2,7H2,(H,14,16). The van der Waals surface area contributed by atoms with Gasteiger partial charge >= 0.3 is 0 Å². The van der Waals surface area contributed by atoms with E-state index in [4.69, 9.17) is 11.6 Å². The van der Waals surface area contributed by atoms with Crippen LogP contribution in [0.3, 0.4) is 0 Å². The Hall–Kier alpha value is -0.840. The van der Waals surface area contributed by atoms with Crippen LogP contribution in [0.15, 0.2) is 18.2 Å². The summed E-state index contributed by atoms with van der Waals surface area (Å²) in [6.07, 6.45) is 4.92. The van der Waals surface area contributed by atoms with Crippen LogP contribution >= 0.6 is 22.9 Å². The van der Waals surface area contributed by atoms with E-state index in [-0.39, 0.29) is 5.91 Å². The van der Waals surface area contributed by atoms with E-state index in [1.54, 1.807) is 12.1 Å². The Bertz CT molecular complexity index is 426. The highest BCUT2D eigenvalue weighted by atomic mass is 35.5. The zero-order chi connectivity index (χ0) is 12.3. The van der Waals surface area contributed by atoms with Crippen LogP contribution in [-0.4, -0.2) is 23.7 Å². The Morgan fingerprint density at radius 1 is 1.65 bits per heavy atom. The average Bonchev–Trinajstić information content (AvgIpc) is 3.07. The minimum atomic E-state index is -0.400. The van der Waals surface area contributed by atoms with E-state index in [1.165, 1.54) is 17.4 Å². The monoisotopic (exact) mass is 271 g/mol. The molecule has 92 valence electrons. The number of aliphatic hydroxyl groups excluding tert-OH is 1. The molecule has 1 aliphatic rings. The van der Waals surface area contributed by atoms with Gasteiger partial charge in [-0.25, -0.2) is 0 Å². The third-order valence-electron chi connectivity index (χ3n) is 2.64. The maximum Gasteiger partial charge on any atom is 0.244 e. The summed E-state index contributed by atoms with van der Waals surface area (Å²) < 4.78 is 0.703. The SMILES string of the molecule is O=C(C=Cc1ccc(Cl)s1)NCC(O)C1CC1. The summed E-state index contributed by atoms with van der Waals surface area (Å²) >= 11 is 7.19. The number of nitrogens with one attached hydrogen (secondary N) is 1. The molecule has 1 heterocycles. The normalized spacial score (nSPS) is 17.3. The molecule has 0 saturated heterocycles. The number of thiophene rings is 1. The minimum Gasteiger partial charge on any atom is -0.391 e. The van der Waals surface area contributed by atoms with Crippen molar-refractivity contribution >= 4 is 34.9 Å². The maximum atomic E-state index is 11.4. The van der Waals surface area contributed by atoms with E-state index in [0.29, 0.717) is 16.8 Å². The molecule has 2 rings (SSSR count). The topological polar surface area (TPSA) is 49.3 Å². The van der Waals surface area contributed by atoms with Crippen LogP contribution in [-0.2, 0) is 4.79 Å². The van der Waals surface area contributed by atoms with Crippen LogP contribution in [0, 0.1) is 5.92 Å². The second kappa shape index (κ2) is 5.67. The second-order valence-corrected chi connectivity index (χ2v) is 5.87. The Morgan fingerprint density at radius 2 is 2.41 bits per heavy atom. The lowest BCUT2D eigenvalue weighted by Crippen LogP contribution is -2.31. The average molecular weight is 272 g/mol. The molecule has 1 aliphatic carbocycles. The lowest BCUT2D eigenvalue weighted by Gasteiger charge is -2.08. The number of aliphatic hydroxyl groups is 1. The van der Waals surface area contributed by atoms with Crippen molar-refractivity contribution in [2.75, 3.05) is 6.54 Å². The number of hydrogen-bond donors (Lipinski definition) is 2. The predicted molar refractivity (Wildman–Crippen MR) is 70.1 cm³/mol. The van der Waals surface area contributed by atoms with E-state index in [2.05, 4.69) is 5.32 Å². The minimum absolute atomic E-state index is 0.186.